The molecule has 0 unspecified atom stereocenters. The summed E-state index contributed by atoms with van der Waals surface area (Å²) in [6, 6.07) is 5.11. The number of cyclic esters (lactones) is 2. The number of nitro benzene ring substituents is 1. The summed E-state index contributed by atoms with van der Waals surface area (Å²) in [5.41, 5.74) is 0.178. The van der Waals surface area contributed by atoms with Crippen molar-refractivity contribution in [1.29, 1.82) is 0 Å². The SMILES string of the molecule is CC1(C)OC(=O)C(c2ccc([N+](=O)[O-])cc2)C(=O)O1. The van der Waals surface area contributed by atoms with Gasteiger partial charge in [-0.2, -0.15) is 0 Å². The van der Waals surface area contributed by atoms with Crippen LogP contribution >= 0.6 is 0 Å². The number of nitrogens with zero attached hydrogens (tertiary/aromatic N) is 1. The van der Waals surface area contributed by atoms with Gasteiger partial charge in [-0.25, -0.2) is 0 Å². The molecule has 7 nitrogen and oxygen atoms in total. The summed E-state index contributed by atoms with van der Waals surface area (Å²) in [5.74, 6) is -3.94. The first-order chi connectivity index (χ1) is 8.80. The predicted molar refractivity (Wildman–Crippen MR) is 62.1 cm³/mol. The number of benzene rings is 1. The average molecular weight is 265 g/mol. The maximum absolute atomic E-state index is 11.8. The lowest BCUT2D eigenvalue weighted by Gasteiger charge is -2.32. The van der Waals surface area contributed by atoms with Crippen LogP contribution in [0.2, 0.25) is 0 Å². The molecule has 7 heteroatoms. The smallest absolute Gasteiger partial charge is 0.328 e. The highest BCUT2D eigenvalue weighted by Gasteiger charge is 2.44. The highest BCUT2D eigenvalue weighted by molar-refractivity contribution is 6.02. The molecule has 2 rings (SSSR count). The van der Waals surface area contributed by atoms with E-state index in [9.17, 15) is 19.7 Å². The quantitative estimate of drug-likeness (QED) is 0.348. The number of carbonyl (C=O) groups is 2. The molecule has 0 bridgehead atoms. The van der Waals surface area contributed by atoms with Crippen molar-refractivity contribution in [1.82, 2.24) is 0 Å². The number of rotatable bonds is 2. The third-order valence-electron chi connectivity index (χ3n) is 2.60. The van der Waals surface area contributed by atoms with Crippen molar-refractivity contribution in [2.75, 3.05) is 0 Å². The molecule has 0 spiro atoms. The topological polar surface area (TPSA) is 95.7 Å². The molecule has 100 valence electrons. The highest BCUT2D eigenvalue weighted by Crippen LogP contribution is 2.30. The lowest BCUT2D eigenvalue weighted by atomic mass is 9.98. The molecule has 0 aromatic heterocycles. The van der Waals surface area contributed by atoms with E-state index < -0.39 is 28.6 Å². The molecule has 0 N–H and O–H groups in total. The fraction of sp³-hybridized carbons (Fsp3) is 0.333. The molecule has 0 saturated carbocycles. The fourth-order valence-corrected chi connectivity index (χ4v) is 1.78. The number of carbonyl (C=O) groups excluding carboxylic acids is 2. The Balaban J connectivity index is 2.29. The van der Waals surface area contributed by atoms with Gasteiger partial charge in [-0.15, -0.1) is 0 Å². The normalized spacial score (nSPS) is 18.6. The molecule has 1 saturated heterocycles. The largest absolute Gasteiger partial charge is 0.422 e. The van der Waals surface area contributed by atoms with Crippen LogP contribution in [-0.2, 0) is 19.1 Å². The Morgan fingerprint density at radius 1 is 1.11 bits per heavy atom. The van der Waals surface area contributed by atoms with Crippen molar-refractivity contribution in [3.05, 3.63) is 39.9 Å². The van der Waals surface area contributed by atoms with Gasteiger partial charge >= 0.3 is 11.9 Å². The van der Waals surface area contributed by atoms with E-state index in [1.165, 1.54) is 38.1 Å². The molecule has 0 amide bonds. The van der Waals surface area contributed by atoms with Crippen LogP contribution in [0.1, 0.15) is 25.3 Å². The van der Waals surface area contributed by atoms with Crippen molar-refractivity contribution in [2.24, 2.45) is 0 Å². The van der Waals surface area contributed by atoms with Crippen molar-refractivity contribution in [2.45, 2.75) is 25.6 Å². The minimum Gasteiger partial charge on any atom is -0.422 e. The molecule has 1 aliphatic heterocycles. The Bertz CT molecular complexity index is 528. The van der Waals surface area contributed by atoms with Crippen molar-refractivity contribution in [3.8, 4) is 0 Å². The zero-order chi connectivity index (χ0) is 14.2. The Hall–Kier alpha value is -2.44. The zero-order valence-electron chi connectivity index (χ0n) is 10.3. The van der Waals surface area contributed by atoms with Crippen LogP contribution in [0.3, 0.4) is 0 Å². The molecule has 0 aliphatic carbocycles. The number of nitro groups is 1. The minimum atomic E-state index is -1.29. The molecular formula is C12H11NO6. The van der Waals surface area contributed by atoms with Gasteiger partial charge in [0, 0.05) is 26.0 Å². The molecular weight excluding hydrogens is 254 g/mol. The molecule has 0 radical (unpaired) electrons. The van der Waals surface area contributed by atoms with E-state index in [-0.39, 0.29) is 5.69 Å². The summed E-state index contributed by atoms with van der Waals surface area (Å²) < 4.78 is 9.95. The fourth-order valence-electron chi connectivity index (χ4n) is 1.78. The second-order valence-corrected chi connectivity index (χ2v) is 4.52. The third-order valence-corrected chi connectivity index (χ3v) is 2.60. The Morgan fingerprint density at radius 3 is 2.00 bits per heavy atom. The first-order valence-electron chi connectivity index (χ1n) is 5.50. The van der Waals surface area contributed by atoms with Crippen molar-refractivity contribution in [3.63, 3.8) is 0 Å². The van der Waals surface area contributed by atoms with Gasteiger partial charge in [-0.05, 0) is 5.56 Å². The van der Waals surface area contributed by atoms with E-state index >= 15 is 0 Å². The maximum Gasteiger partial charge on any atom is 0.328 e. The van der Waals surface area contributed by atoms with E-state index in [1.54, 1.807) is 0 Å². The van der Waals surface area contributed by atoms with Crippen LogP contribution in [0.15, 0.2) is 24.3 Å². The molecule has 1 aromatic carbocycles. The first kappa shape index (κ1) is 13.0. The lowest BCUT2D eigenvalue weighted by molar-refractivity contribution is -0.384. The molecule has 1 heterocycles. The highest BCUT2D eigenvalue weighted by atomic mass is 16.7. The van der Waals surface area contributed by atoms with Gasteiger partial charge in [-0.1, -0.05) is 12.1 Å². The number of ether oxygens (including phenoxy) is 2. The van der Waals surface area contributed by atoms with Crippen LogP contribution in [0.25, 0.3) is 0 Å². The van der Waals surface area contributed by atoms with Crippen LogP contribution in [0, 0.1) is 10.1 Å². The molecule has 0 atom stereocenters. The Morgan fingerprint density at radius 2 is 1.58 bits per heavy atom. The number of non-ortho nitro benzene ring substituents is 1. The van der Waals surface area contributed by atoms with Crippen molar-refractivity contribution < 1.29 is 24.0 Å². The predicted octanol–water partition coefficient (Wildman–Crippen LogP) is 1.51. The second-order valence-electron chi connectivity index (χ2n) is 4.52. The number of esters is 2. The Kier molecular flexibility index (Phi) is 2.97. The zero-order valence-corrected chi connectivity index (χ0v) is 10.3. The van der Waals surface area contributed by atoms with E-state index in [0.29, 0.717) is 5.56 Å². The Labute approximate surface area is 108 Å². The summed E-state index contributed by atoms with van der Waals surface area (Å²) in [6.45, 7) is 2.91. The average Bonchev–Trinajstić information content (AvgIpc) is 2.26. The minimum absolute atomic E-state index is 0.123. The van der Waals surface area contributed by atoms with Crippen LogP contribution in [-0.4, -0.2) is 22.6 Å². The van der Waals surface area contributed by atoms with Gasteiger partial charge < -0.3 is 9.47 Å². The standard InChI is InChI=1S/C12H11NO6/c1-12(2)18-10(14)9(11(15)19-12)7-3-5-8(6-4-7)13(16)17/h3-6,9H,1-2H3. The summed E-state index contributed by atoms with van der Waals surface area (Å²) in [7, 11) is 0. The molecule has 1 fully saturated rings. The lowest BCUT2D eigenvalue weighted by Crippen LogP contribution is -2.45. The maximum atomic E-state index is 11.8. The molecule has 1 aliphatic rings. The molecule has 19 heavy (non-hydrogen) atoms. The van der Waals surface area contributed by atoms with Crippen LogP contribution in [0.5, 0.6) is 0 Å². The van der Waals surface area contributed by atoms with E-state index in [2.05, 4.69) is 0 Å². The summed E-state index contributed by atoms with van der Waals surface area (Å²) in [4.78, 5) is 33.5. The van der Waals surface area contributed by atoms with E-state index in [0.717, 1.165) is 0 Å². The third kappa shape index (κ3) is 2.54. The van der Waals surface area contributed by atoms with Crippen LogP contribution in [0.4, 0.5) is 5.69 Å². The monoisotopic (exact) mass is 265 g/mol. The summed E-state index contributed by atoms with van der Waals surface area (Å²) in [6.07, 6.45) is 0. The van der Waals surface area contributed by atoms with Gasteiger partial charge in [0.25, 0.3) is 11.5 Å². The van der Waals surface area contributed by atoms with E-state index in [4.69, 9.17) is 9.47 Å². The first-order valence-corrected chi connectivity index (χ1v) is 5.50. The summed E-state index contributed by atoms with van der Waals surface area (Å²) >= 11 is 0. The van der Waals surface area contributed by atoms with Gasteiger partial charge in [0.2, 0.25) is 0 Å². The van der Waals surface area contributed by atoms with E-state index in [1.807, 2.05) is 0 Å². The van der Waals surface area contributed by atoms with Gasteiger partial charge in [0.1, 0.15) is 0 Å². The van der Waals surface area contributed by atoms with Gasteiger partial charge in [-0.3, -0.25) is 19.7 Å². The second kappa shape index (κ2) is 4.34. The molecule has 1 aromatic rings. The van der Waals surface area contributed by atoms with Gasteiger partial charge in [0.05, 0.1) is 4.92 Å². The summed E-state index contributed by atoms with van der Waals surface area (Å²) in [5, 5.41) is 10.5. The number of hydrogen-bond acceptors (Lipinski definition) is 6. The van der Waals surface area contributed by atoms with Gasteiger partial charge in [0.15, 0.2) is 5.92 Å². The number of hydrogen-bond donors (Lipinski definition) is 0. The van der Waals surface area contributed by atoms with Crippen LogP contribution < -0.4 is 0 Å². The van der Waals surface area contributed by atoms with Crippen molar-refractivity contribution >= 4 is 17.6 Å².